The Bertz CT molecular complexity index is 155. The zero-order valence-electron chi connectivity index (χ0n) is 6.72. The number of ether oxygens (including phenoxy) is 1. The molecule has 0 radical (unpaired) electrons. The third kappa shape index (κ3) is 1.70. The molecule has 1 aliphatic rings. The van der Waals surface area contributed by atoms with Gasteiger partial charge in [-0.2, -0.15) is 0 Å². The smallest absolute Gasteiger partial charge is 0.244 e. The van der Waals surface area contributed by atoms with E-state index in [0.29, 0.717) is 19.8 Å². The van der Waals surface area contributed by atoms with Gasteiger partial charge in [0.15, 0.2) is 0 Å². The van der Waals surface area contributed by atoms with Crippen molar-refractivity contribution >= 4 is 5.91 Å². The zero-order chi connectivity index (χ0) is 8.32. The summed E-state index contributed by atoms with van der Waals surface area (Å²) in [6.45, 7) is 3.39. The van der Waals surface area contributed by atoms with Gasteiger partial charge in [-0.15, -0.1) is 0 Å². The van der Waals surface area contributed by atoms with Gasteiger partial charge in [0.1, 0.15) is 5.54 Å². The SMILES string of the molecule is CCCNC(=O)C1(N)COC1. The average Bonchev–Trinajstić information content (AvgIpc) is 1.95. The minimum Gasteiger partial charge on any atom is -0.376 e. The molecule has 11 heavy (non-hydrogen) atoms. The average molecular weight is 158 g/mol. The molecule has 1 fully saturated rings. The Hall–Kier alpha value is -0.610. The summed E-state index contributed by atoms with van der Waals surface area (Å²) in [5, 5.41) is 2.73. The van der Waals surface area contributed by atoms with E-state index < -0.39 is 5.54 Å². The summed E-state index contributed by atoms with van der Waals surface area (Å²) in [5.41, 5.74) is 4.91. The van der Waals surface area contributed by atoms with E-state index >= 15 is 0 Å². The second kappa shape index (κ2) is 3.19. The maximum atomic E-state index is 11.2. The molecule has 64 valence electrons. The van der Waals surface area contributed by atoms with E-state index in [0.717, 1.165) is 6.42 Å². The molecule has 0 aliphatic carbocycles. The van der Waals surface area contributed by atoms with Gasteiger partial charge in [0, 0.05) is 6.54 Å². The molecule has 0 atom stereocenters. The van der Waals surface area contributed by atoms with Gasteiger partial charge in [-0.3, -0.25) is 4.79 Å². The first-order valence-corrected chi connectivity index (χ1v) is 3.84. The second-order valence-electron chi connectivity index (χ2n) is 2.90. The number of carbonyl (C=O) groups excluding carboxylic acids is 1. The summed E-state index contributed by atoms with van der Waals surface area (Å²) in [6, 6.07) is 0. The lowest BCUT2D eigenvalue weighted by atomic mass is 9.98. The second-order valence-corrected chi connectivity index (χ2v) is 2.90. The van der Waals surface area contributed by atoms with Gasteiger partial charge in [0.25, 0.3) is 0 Å². The number of nitrogens with one attached hydrogen (secondary N) is 1. The van der Waals surface area contributed by atoms with E-state index in [9.17, 15) is 4.79 Å². The maximum absolute atomic E-state index is 11.2. The fourth-order valence-corrected chi connectivity index (χ4v) is 0.868. The minimum atomic E-state index is -0.741. The van der Waals surface area contributed by atoms with Crippen LogP contribution < -0.4 is 11.1 Å². The van der Waals surface area contributed by atoms with Gasteiger partial charge < -0.3 is 15.8 Å². The van der Waals surface area contributed by atoms with Crippen LogP contribution in [0.4, 0.5) is 0 Å². The van der Waals surface area contributed by atoms with Crippen LogP contribution in [0.25, 0.3) is 0 Å². The first-order valence-electron chi connectivity index (χ1n) is 3.84. The summed E-state index contributed by atoms with van der Waals surface area (Å²) in [6.07, 6.45) is 0.933. The highest BCUT2D eigenvalue weighted by atomic mass is 16.5. The van der Waals surface area contributed by atoms with E-state index in [1.807, 2.05) is 6.92 Å². The Balaban J connectivity index is 2.28. The van der Waals surface area contributed by atoms with Crippen LogP contribution in [0.5, 0.6) is 0 Å². The lowest BCUT2D eigenvalue weighted by molar-refractivity contribution is -0.143. The predicted molar refractivity (Wildman–Crippen MR) is 41.0 cm³/mol. The molecule has 0 aromatic carbocycles. The topological polar surface area (TPSA) is 64.4 Å². The quantitative estimate of drug-likeness (QED) is 0.567. The maximum Gasteiger partial charge on any atom is 0.244 e. The van der Waals surface area contributed by atoms with Gasteiger partial charge in [0.05, 0.1) is 13.2 Å². The molecule has 0 spiro atoms. The summed E-state index contributed by atoms with van der Waals surface area (Å²) in [4.78, 5) is 11.2. The van der Waals surface area contributed by atoms with Gasteiger partial charge in [-0.1, -0.05) is 6.92 Å². The third-order valence-electron chi connectivity index (χ3n) is 1.71. The van der Waals surface area contributed by atoms with Crippen LogP contribution in [0, 0.1) is 0 Å². The standard InChI is InChI=1S/C7H14N2O2/c1-2-3-9-6(10)7(8)4-11-5-7/h2-5,8H2,1H3,(H,9,10). The van der Waals surface area contributed by atoms with Crippen LogP contribution in [-0.2, 0) is 9.53 Å². The third-order valence-corrected chi connectivity index (χ3v) is 1.71. The molecular formula is C7H14N2O2. The minimum absolute atomic E-state index is 0.0920. The van der Waals surface area contributed by atoms with Crippen molar-refractivity contribution in [2.75, 3.05) is 19.8 Å². The van der Waals surface area contributed by atoms with Crippen molar-refractivity contribution in [1.82, 2.24) is 5.32 Å². The lowest BCUT2D eigenvalue weighted by Crippen LogP contribution is -2.66. The normalized spacial score (nSPS) is 20.5. The first-order chi connectivity index (χ1) is 5.19. The van der Waals surface area contributed by atoms with E-state index in [1.54, 1.807) is 0 Å². The van der Waals surface area contributed by atoms with Gasteiger partial charge in [-0.25, -0.2) is 0 Å². The van der Waals surface area contributed by atoms with Gasteiger partial charge in [0.2, 0.25) is 5.91 Å². The Morgan fingerprint density at radius 3 is 2.73 bits per heavy atom. The fraction of sp³-hybridized carbons (Fsp3) is 0.857. The molecule has 0 unspecified atom stereocenters. The van der Waals surface area contributed by atoms with Crippen LogP contribution in [0.15, 0.2) is 0 Å². The van der Waals surface area contributed by atoms with Crippen LogP contribution in [-0.4, -0.2) is 31.2 Å². The number of rotatable bonds is 3. The number of nitrogens with two attached hydrogens (primary N) is 1. The van der Waals surface area contributed by atoms with E-state index in [4.69, 9.17) is 10.5 Å². The zero-order valence-corrected chi connectivity index (χ0v) is 6.72. The predicted octanol–water partition coefficient (Wildman–Crippen LogP) is -0.760. The molecule has 1 aliphatic heterocycles. The monoisotopic (exact) mass is 158 g/mol. The van der Waals surface area contributed by atoms with Crippen LogP contribution in [0.3, 0.4) is 0 Å². The lowest BCUT2D eigenvalue weighted by Gasteiger charge is -2.35. The highest BCUT2D eigenvalue weighted by molar-refractivity contribution is 5.87. The molecule has 0 aromatic heterocycles. The van der Waals surface area contributed by atoms with Crippen molar-refractivity contribution in [3.63, 3.8) is 0 Å². The molecule has 0 aromatic rings. The summed E-state index contributed by atoms with van der Waals surface area (Å²) in [5.74, 6) is -0.0920. The number of carbonyl (C=O) groups is 1. The Labute approximate surface area is 66.1 Å². The van der Waals surface area contributed by atoms with Crippen molar-refractivity contribution in [2.45, 2.75) is 18.9 Å². The van der Waals surface area contributed by atoms with Crippen LogP contribution in [0.2, 0.25) is 0 Å². The first kappa shape index (κ1) is 8.49. The van der Waals surface area contributed by atoms with Gasteiger partial charge in [-0.05, 0) is 6.42 Å². The van der Waals surface area contributed by atoms with Gasteiger partial charge >= 0.3 is 0 Å². The van der Waals surface area contributed by atoms with Crippen molar-refractivity contribution in [3.8, 4) is 0 Å². The molecular weight excluding hydrogens is 144 g/mol. The number of hydrogen-bond acceptors (Lipinski definition) is 3. The highest BCUT2D eigenvalue weighted by Crippen LogP contribution is 2.12. The fourth-order valence-electron chi connectivity index (χ4n) is 0.868. The molecule has 1 saturated heterocycles. The molecule has 4 heteroatoms. The Kier molecular flexibility index (Phi) is 2.46. The van der Waals surface area contributed by atoms with Crippen molar-refractivity contribution in [1.29, 1.82) is 0 Å². The van der Waals surface area contributed by atoms with Crippen LogP contribution >= 0.6 is 0 Å². The van der Waals surface area contributed by atoms with Crippen LogP contribution in [0.1, 0.15) is 13.3 Å². The largest absolute Gasteiger partial charge is 0.376 e. The summed E-state index contributed by atoms with van der Waals surface area (Å²) < 4.78 is 4.85. The molecule has 1 heterocycles. The van der Waals surface area contributed by atoms with E-state index in [1.165, 1.54) is 0 Å². The molecule has 1 amide bonds. The highest BCUT2D eigenvalue weighted by Gasteiger charge is 2.41. The summed E-state index contributed by atoms with van der Waals surface area (Å²) in [7, 11) is 0. The Morgan fingerprint density at radius 1 is 1.73 bits per heavy atom. The van der Waals surface area contributed by atoms with Crippen molar-refractivity contribution < 1.29 is 9.53 Å². The summed E-state index contributed by atoms with van der Waals surface area (Å²) >= 11 is 0. The van der Waals surface area contributed by atoms with E-state index in [2.05, 4.69) is 5.32 Å². The molecule has 4 nitrogen and oxygen atoms in total. The Morgan fingerprint density at radius 2 is 2.36 bits per heavy atom. The molecule has 1 rings (SSSR count). The number of amides is 1. The molecule has 0 saturated carbocycles. The molecule has 0 bridgehead atoms. The molecule has 3 N–H and O–H groups in total. The van der Waals surface area contributed by atoms with Crippen molar-refractivity contribution in [2.24, 2.45) is 5.73 Å². The van der Waals surface area contributed by atoms with E-state index in [-0.39, 0.29) is 5.91 Å². The number of hydrogen-bond donors (Lipinski definition) is 2. The van der Waals surface area contributed by atoms with Crippen molar-refractivity contribution in [3.05, 3.63) is 0 Å².